The number of rotatable bonds is 8. The van der Waals surface area contributed by atoms with Crippen molar-refractivity contribution in [2.24, 2.45) is 0 Å². The Morgan fingerprint density at radius 3 is 2.54 bits per heavy atom. The molecular formula is C21H29N3O4. The second kappa shape index (κ2) is 8.46. The van der Waals surface area contributed by atoms with Crippen molar-refractivity contribution in [3.63, 3.8) is 0 Å². The van der Waals surface area contributed by atoms with E-state index in [1.54, 1.807) is 13.2 Å². The number of methoxy groups -OCH3 is 1. The molecule has 0 atom stereocenters. The third-order valence-corrected chi connectivity index (χ3v) is 4.05. The van der Waals surface area contributed by atoms with Crippen LogP contribution in [-0.4, -0.2) is 29.8 Å². The molecule has 0 radical (unpaired) electrons. The molecule has 0 saturated heterocycles. The van der Waals surface area contributed by atoms with Gasteiger partial charge in [0.25, 0.3) is 5.91 Å². The van der Waals surface area contributed by atoms with Gasteiger partial charge >= 0.3 is 0 Å². The van der Waals surface area contributed by atoms with E-state index in [0.717, 1.165) is 12.0 Å². The Kier molecular flexibility index (Phi) is 6.48. The van der Waals surface area contributed by atoms with Crippen LogP contribution in [0.15, 0.2) is 35.4 Å². The van der Waals surface area contributed by atoms with Crippen molar-refractivity contribution < 1.29 is 18.8 Å². The zero-order valence-corrected chi connectivity index (χ0v) is 17.5. The number of nitrogens with zero attached hydrogens (tertiary/aromatic N) is 2. The zero-order valence-electron chi connectivity index (χ0n) is 17.5. The topological polar surface area (TPSA) is 86.5 Å². The summed E-state index contributed by atoms with van der Waals surface area (Å²) in [7, 11) is 1.56. The summed E-state index contributed by atoms with van der Waals surface area (Å²) in [6, 6.07) is 5.56. The van der Waals surface area contributed by atoms with E-state index < -0.39 is 5.54 Å². The van der Waals surface area contributed by atoms with E-state index in [2.05, 4.69) is 22.0 Å². The van der Waals surface area contributed by atoms with Gasteiger partial charge < -0.3 is 19.3 Å². The highest BCUT2D eigenvalue weighted by Gasteiger charge is 2.31. The minimum atomic E-state index is -0.800. The molecule has 0 unspecified atom stereocenters. The lowest BCUT2D eigenvalue weighted by Crippen LogP contribution is -2.44. The third kappa shape index (κ3) is 5.34. The zero-order chi connectivity index (χ0) is 20.9. The second-order valence-corrected chi connectivity index (χ2v) is 8.11. The van der Waals surface area contributed by atoms with Crippen LogP contribution < -0.4 is 14.8 Å². The fourth-order valence-electron chi connectivity index (χ4n) is 2.49. The molecule has 152 valence electrons. The number of hydrogen-bond donors (Lipinski definition) is 1. The number of benzene rings is 1. The van der Waals surface area contributed by atoms with E-state index in [1.165, 1.54) is 0 Å². The van der Waals surface area contributed by atoms with Crippen LogP contribution in [0.25, 0.3) is 0 Å². The van der Waals surface area contributed by atoms with Crippen LogP contribution in [0.3, 0.4) is 0 Å². The first-order chi connectivity index (χ1) is 13.1. The van der Waals surface area contributed by atoms with E-state index >= 15 is 0 Å². The molecule has 1 N–H and O–H groups in total. The molecule has 28 heavy (non-hydrogen) atoms. The van der Waals surface area contributed by atoms with Crippen molar-refractivity contribution in [3.8, 4) is 11.5 Å². The highest BCUT2D eigenvalue weighted by Crippen LogP contribution is 2.28. The minimum Gasteiger partial charge on any atom is -0.493 e. The maximum absolute atomic E-state index is 12.4. The molecule has 2 rings (SSSR count). The van der Waals surface area contributed by atoms with Gasteiger partial charge in [-0.2, -0.15) is 4.98 Å². The molecule has 7 heteroatoms. The van der Waals surface area contributed by atoms with E-state index in [-0.39, 0.29) is 17.9 Å². The lowest BCUT2D eigenvalue weighted by molar-refractivity contribution is -0.124. The standard InChI is InChI=1S/C21H29N3O4/c1-8-9-14-10-11-15(16(12-14)26-7)27-13-17(25)23-21(5,6)18-22-19(28-24-18)20(2,3)4/h8,10-12H,1,9,13H2,2-7H3,(H,23,25). The first kappa shape index (κ1) is 21.5. The molecule has 0 bridgehead atoms. The Labute approximate surface area is 166 Å². The molecule has 0 aliphatic carbocycles. The van der Waals surface area contributed by atoms with Crippen LogP contribution in [0.2, 0.25) is 0 Å². The largest absolute Gasteiger partial charge is 0.493 e. The van der Waals surface area contributed by atoms with Gasteiger partial charge in [-0.3, -0.25) is 4.79 Å². The smallest absolute Gasteiger partial charge is 0.258 e. The number of aromatic nitrogens is 2. The third-order valence-electron chi connectivity index (χ3n) is 4.05. The van der Waals surface area contributed by atoms with Crippen molar-refractivity contribution >= 4 is 5.91 Å². The van der Waals surface area contributed by atoms with Crippen molar-refractivity contribution in [2.45, 2.75) is 52.0 Å². The Bertz CT molecular complexity index is 834. The summed E-state index contributed by atoms with van der Waals surface area (Å²) < 4.78 is 16.3. The summed E-state index contributed by atoms with van der Waals surface area (Å²) in [4.78, 5) is 16.8. The molecule has 0 spiro atoms. The quantitative estimate of drug-likeness (QED) is 0.697. The predicted octanol–water partition coefficient (Wildman–Crippen LogP) is 3.53. The number of nitrogens with one attached hydrogen (secondary N) is 1. The van der Waals surface area contributed by atoms with Crippen LogP contribution in [0, 0.1) is 0 Å². The molecule has 1 amide bonds. The van der Waals surface area contributed by atoms with Gasteiger partial charge in [0.1, 0.15) is 0 Å². The van der Waals surface area contributed by atoms with Crippen LogP contribution in [0.1, 0.15) is 51.9 Å². The van der Waals surface area contributed by atoms with Crippen LogP contribution in [-0.2, 0) is 22.2 Å². The van der Waals surface area contributed by atoms with E-state index in [0.29, 0.717) is 23.2 Å². The Hall–Kier alpha value is -2.83. The number of hydrogen-bond acceptors (Lipinski definition) is 6. The summed E-state index contributed by atoms with van der Waals surface area (Å²) in [5.74, 6) is 1.70. The fourth-order valence-corrected chi connectivity index (χ4v) is 2.49. The first-order valence-electron chi connectivity index (χ1n) is 9.13. The molecule has 1 aromatic carbocycles. The van der Waals surface area contributed by atoms with E-state index in [9.17, 15) is 4.79 Å². The van der Waals surface area contributed by atoms with Gasteiger partial charge in [-0.25, -0.2) is 0 Å². The number of ether oxygens (including phenoxy) is 2. The molecule has 2 aromatic rings. The number of carbonyl (C=O) groups is 1. The van der Waals surface area contributed by atoms with E-state index in [1.807, 2.05) is 52.8 Å². The van der Waals surface area contributed by atoms with Gasteiger partial charge in [-0.1, -0.05) is 38.1 Å². The molecule has 0 aliphatic rings. The van der Waals surface area contributed by atoms with Crippen molar-refractivity contribution in [3.05, 3.63) is 48.1 Å². The normalized spacial score (nSPS) is 11.8. The lowest BCUT2D eigenvalue weighted by Gasteiger charge is -2.22. The minimum absolute atomic E-state index is 0.162. The van der Waals surface area contributed by atoms with Gasteiger partial charge in [0.2, 0.25) is 5.89 Å². The van der Waals surface area contributed by atoms with Crippen molar-refractivity contribution in [1.82, 2.24) is 15.5 Å². The summed E-state index contributed by atoms with van der Waals surface area (Å²) in [6.07, 6.45) is 2.54. The highest BCUT2D eigenvalue weighted by molar-refractivity contribution is 5.78. The van der Waals surface area contributed by atoms with Gasteiger partial charge in [-0.15, -0.1) is 6.58 Å². The number of carbonyl (C=O) groups excluding carboxylic acids is 1. The Morgan fingerprint density at radius 1 is 1.25 bits per heavy atom. The summed E-state index contributed by atoms with van der Waals surface area (Å²) in [6.45, 7) is 13.1. The summed E-state index contributed by atoms with van der Waals surface area (Å²) in [5, 5.41) is 6.88. The molecular weight excluding hydrogens is 358 g/mol. The SMILES string of the molecule is C=CCc1ccc(OCC(=O)NC(C)(C)c2noc(C(C)(C)C)n2)c(OC)c1. The van der Waals surface area contributed by atoms with E-state index in [4.69, 9.17) is 14.0 Å². The molecule has 7 nitrogen and oxygen atoms in total. The number of amides is 1. The van der Waals surface area contributed by atoms with Gasteiger partial charge in [0.05, 0.1) is 12.6 Å². The van der Waals surface area contributed by atoms with Gasteiger partial charge in [0.15, 0.2) is 23.9 Å². The molecule has 0 aliphatic heterocycles. The molecule has 0 fully saturated rings. The average molecular weight is 387 g/mol. The van der Waals surface area contributed by atoms with Gasteiger partial charge in [-0.05, 0) is 38.0 Å². The van der Waals surface area contributed by atoms with Crippen molar-refractivity contribution in [2.75, 3.05) is 13.7 Å². The maximum Gasteiger partial charge on any atom is 0.258 e. The fraction of sp³-hybridized carbons (Fsp3) is 0.476. The molecule has 1 heterocycles. The Balaban J connectivity index is 2.01. The monoisotopic (exact) mass is 387 g/mol. The molecule has 1 aromatic heterocycles. The predicted molar refractivity (Wildman–Crippen MR) is 107 cm³/mol. The number of allylic oxidation sites excluding steroid dienone is 1. The van der Waals surface area contributed by atoms with Crippen LogP contribution in [0.4, 0.5) is 0 Å². The first-order valence-corrected chi connectivity index (χ1v) is 9.13. The second-order valence-electron chi connectivity index (χ2n) is 8.11. The van der Waals surface area contributed by atoms with Gasteiger partial charge in [0, 0.05) is 5.41 Å². The Morgan fingerprint density at radius 2 is 1.96 bits per heavy atom. The average Bonchev–Trinajstić information content (AvgIpc) is 3.12. The summed E-state index contributed by atoms with van der Waals surface area (Å²) >= 11 is 0. The summed E-state index contributed by atoms with van der Waals surface area (Å²) in [5.41, 5.74) is -0.00904. The highest BCUT2D eigenvalue weighted by atomic mass is 16.5. The maximum atomic E-state index is 12.4. The van der Waals surface area contributed by atoms with Crippen molar-refractivity contribution in [1.29, 1.82) is 0 Å². The molecule has 0 saturated carbocycles. The van der Waals surface area contributed by atoms with Crippen LogP contribution >= 0.6 is 0 Å². The van der Waals surface area contributed by atoms with Crippen LogP contribution in [0.5, 0.6) is 11.5 Å². The lowest BCUT2D eigenvalue weighted by atomic mass is 9.97.